The predicted octanol–water partition coefficient (Wildman–Crippen LogP) is 5.61. The lowest BCUT2D eigenvalue weighted by Crippen LogP contribution is -2.32. The summed E-state index contributed by atoms with van der Waals surface area (Å²) in [4.78, 5) is 19.4. The van der Waals surface area contributed by atoms with E-state index in [-0.39, 0.29) is 11.9 Å². The number of aromatic amines is 2. The number of amides is 2. The van der Waals surface area contributed by atoms with E-state index in [2.05, 4.69) is 44.9 Å². The summed E-state index contributed by atoms with van der Waals surface area (Å²) in [5.74, 6) is 0.721. The number of methoxy groups -OCH3 is 1. The van der Waals surface area contributed by atoms with Crippen LogP contribution in [0.5, 0.6) is 5.75 Å². The molecule has 0 radical (unpaired) electrons. The van der Waals surface area contributed by atoms with E-state index in [0.29, 0.717) is 12.2 Å². The van der Waals surface area contributed by atoms with Crippen molar-refractivity contribution >= 4 is 33.5 Å². The second-order valence-corrected chi connectivity index (χ2v) is 7.70. The van der Waals surface area contributed by atoms with Crippen molar-refractivity contribution in [2.75, 3.05) is 19.0 Å². The van der Waals surface area contributed by atoms with Crippen molar-refractivity contribution < 1.29 is 9.53 Å². The number of nitrogens with one attached hydrogen (secondary N) is 4. The fourth-order valence-electron chi connectivity index (χ4n) is 4.20. The quantitative estimate of drug-likeness (QED) is 0.286. The fourth-order valence-corrected chi connectivity index (χ4v) is 4.20. The minimum atomic E-state index is -0.250. The van der Waals surface area contributed by atoms with Gasteiger partial charge in [0.2, 0.25) is 0 Å². The Bertz CT molecular complexity index is 1290. The van der Waals surface area contributed by atoms with Crippen LogP contribution in [0.1, 0.15) is 17.0 Å². The standard InChI is InChI=1S/C26H24N4O2/c1-32-18-12-10-17(11-13-18)30-26(31)29-16-23(21-14-27-24-8-4-2-6-19(21)24)22-15-28-25-9-5-3-7-20(22)25/h2-15,23,27-28H,16H2,1H3,(H2,29,30,31). The molecule has 0 saturated heterocycles. The molecule has 5 rings (SSSR count). The van der Waals surface area contributed by atoms with Crippen LogP contribution >= 0.6 is 0 Å². The highest BCUT2D eigenvalue weighted by molar-refractivity contribution is 5.90. The minimum absolute atomic E-state index is 0.0242. The molecule has 160 valence electrons. The van der Waals surface area contributed by atoms with Crippen molar-refractivity contribution in [2.45, 2.75) is 5.92 Å². The SMILES string of the molecule is COc1ccc(NC(=O)NCC(c2c[nH]c3ccccc23)c2c[nH]c3ccccc23)cc1. The lowest BCUT2D eigenvalue weighted by atomic mass is 9.90. The van der Waals surface area contributed by atoms with Crippen LogP contribution in [0.3, 0.4) is 0 Å². The smallest absolute Gasteiger partial charge is 0.319 e. The molecule has 2 amide bonds. The van der Waals surface area contributed by atoms with Gasteiger partial charge >= 0.3 is 6.03 Å². The molecule has 0 bridgehead atoms. The number of para-hydroxylation sites is 2. The summed E-state index contributed by atoms with van der Waals surface area (Å²) in [5.41, 5.74) is 5.16. The number of urea groups is 1. The van der Waals surface area contributed by atoms with Crippen molar-refractivity contribution in [3.63, 3.8) is 0 Å². The Labute approximate surface area is 185 Å². The zero-order valence-corrected chi connectivity index (χ0v) is 17.7. The van der Waals surface area contributed by atoms with Crippen LogP contribution in [0.25, 0.3) is 21.8 Å². The molecule has 2 heterocycles. The Hall–Kier alpha value is -4.19. The molecule has 4 N–H and O–H groups in total. The number of rotatable bonds is 6. The largest absolute Gasteiger partial charge is 0.497 e. The molecule has 0 aliphatic heterocycles. The van der Waals surface area contributed by atoms with Crippen LogP contribution in [0.2, 0.25) is 0 Å². The van der Waals surface area contributed by atoms with Crippen molar-refractivity contribution in [2.24, 2.45) is 0 Å². The average molecular weight is 425 g/mol. The van der Waals surface area contributed by atoms with Gasteiger partial charge in [-0.25, -0.2) is 4.79 Å². The summed E-state index contributed by atoms with van der Waals surface area (Å²) in [6.45, 7) is 0.450. The van der Waals surface area contributed by atoms with E-state index in [9.17, 15) is 4.79 Å². The normalized spacial score (nSPS) is 11.2. The summed E-state index contributed by atoms with van der Waals surface area (Å²) in [5, 5.41) is 8.25. The summed E-state index contributed by atoms with van der Waals surface area (Å²) in [6.07, 6.45) is 4.08. The zero-order chi connectivity index (χ0) is 21.9. The maximum atomic E-state index is 12.7. The van der Waals surface area contributed by atoms with Gasteiger partial charge in [-0.1, -0.05) is 36.4 Å². The predicted molar refractivity (Wildman–Crippen MR) is 128 cm³/mol. The molecule has 2 aromatic heterocycles. The molecule has 0 unspecified atom stereocenters. The molecule has 5 aromatic rings. The van der Waals surface area contributed by atoms with Crippen molar-refractivity contribution in [1.29, 1.82) is 0 Å². The molecule has 32 heavy (non-hydrogen) atoms. The van der Waals surface area contributed by atoms with Gasteiger partial charge in [-0.3, -0.25) is 0 Å². The summed E-state index contributed by atoms with van der Waals surface area (Å²) >= 11 is 0. The van der Waals surface area contributed by atoms with Gasteiger partial charge in [0.25, 0.3) is 0 Å². The second kappa shape index (κ2) is 8.51. The first-order chi connectivity index (χ1) is 15.7. The number of benzene rings is 3. The molecule has 0 aliphatic carbocycles. The van der Waals surface area contributed by atoms with Gasteiger partial charge in [-0.2, -0.15) is 0 Å². The lowest BCUT2D eigenvalue weighted by Gasteiger charge is -2.18. The first kappa shape index (κ1) is 19.8. The molecule has 0 spiro atoms. The van der Waals surface area contributed by atoms with Crippen molar-refractivity contribution in [3.8, 4) is 5.75 Å². The highest BCUT2D eigenvalue weighted by Crippen LogP contribution is 2.34. The van der Waals surface area contributed by atoms with Crippen LogP contribution in [0, 0.1) is 0 Å². The van der Waals surface area contributed by atoms with E-state index in [1.54, 1.807) is 7.11 Å². The Kier molecular flexibility index (Phi) is 5.25. The zero-order valence-electron chi connectivity index (χ0n) is 17.7. The Morgan fingerprint density at radius 3 is 1.97 bits per heavy atom. The van der Waals surface area contributed by atoms with Gasteiger partial charge < -0.3 is 25.3 Å². The number of carbonyl (C=O) groups excluding carboxylic acids is 1. The van der Waals surface area contributed by atoms with E-state index in [1.807, 2.05) is 60.9 Å². The van der Waals surface area contributed by atoms with E-state index in [0.717, 1.165) is 38.7 Å². The molecule has 0 fully saturated rings. The van der Waals surface area contributed by atoms with Crippen molar-refractivity contribution in [3.05, 3.63) is 96.3 Å². The number of fused-ring (bicyclic) bond motifs is 2. The van der Waals surface area contributed by atoms with Crippen LogP contribution in [0.4, 0.5) is 10.5 Å². The average Bonchev–Trinajstić information content (AvgIpc) is 3.45. The molecular formula is C26H24N4O2. The first-order valence-corrected chi connectivity index (χ1v) is 10.5. The molecule has 6 nitrogen and oxygen atoms in total. The fraction of sp³-hybridized carbons (Fsp3) is 0.115. The van der Waals surface area contributed by atoms with Crippen molar-refractivity contribution in [1.82, 2.24) is 15.3 Å². The van der Waals surface area contributed by atoms with E-state index >= 15 is 0 Å². The summed E-state index contributed by atoms with van der Waals surface area (Å²) < 4.78 is 5.17. The number of ether oxygens (including phenoxy) is 1. The maximum absolute atomic E-state index is 12.7. The number of hydrogen-bond acceptors (Lipinski definition) is 2. The van der Waals surface area contributed by atoms with E-state index in [4.69, 9.17) is 4.74 Å². The summed E-state index contributed by atoms with van der Waals surface area (Å²) in [7, 11) is 1.62. The Morgan fingerprint density at radius 2 is 1.41 bits per heavy atom. The molecular weight excluding hydrogens is 400 g/mol. The number of aromatic nitrogens is 2. The number of hydrogen-bond donors (Lipinski definition) is 4. The van der Waals surface area contributed by atoms with Gasteiger partial charge in [0.1, 0.15) is 5.75 Å². The van der Waals surface area contributed by atoms with Crippen LogP contribution in [-0.2, 0) is 0 Å². The van der Waals surface area contributed by atoms with E-state index in [1.165, 1.54) is 0 Å². The minimum Gasteiger partial charge on any atom is -0.497 e. The van der Waals surface area contributed by atoms with Crippen LogP contribution in [-0.4, -0.2) is 29.7 Å². The van der Waals surface area contributed by atoms with Gasteiger partial charge in [-0.15, -0.1) is 0 Å². The Morgan fingerprint density at radius 1 is 0.844 bits per heavy atom. The number of H-pyrrole nitrogens is 2. The maximum Gasteiger partial charge on any atom is 0.319 e. The van der Waals surface area contributed by atoms with Gasteiger partial charge in [0.05, 0.1) is 7.11 Å². The molecule has 0 saturated carbocycles. The summed E-state index contributed by atoms with van der Waals surface area (Å²) in [6, 6.07) is 23.5. The van der Waals surface area contributed by atoms with Gasteiger partial charge in [0, 0.05) is 52.3 Å². The van der Waals surface area contributed by atoms with Gasteiger partial charge in [-0.05, 0) is 47.5 Å². The second-order valence-electron chi connectivity index (χ2n) is 7.70. The monoisotopic (exact) mass is 424 g/mol. The molecule has 0 atom stereocenters. The highest BCUT2D eigenvalue weighted by Gasteiger charge is 2.22. The third-order valence-corrected chi connectivity index (χ3v) is 5.81. The molecule has 3 aromatic carbocycles. The third-order valence-electron chi connectivity index (χ3n) is 5.81. The topological polar surface area (TPSA) is 81.9 Å². The van der Waals surface area contributed by atoms with Gasteiger partial charge in [0.15, 0.2) is 0 Å². The molecule has 0 aliphatic rings. The van der Waals surface area contributed by atoms with Crippen LogP contribution < -0.4 is 15.4 Å². The first-order valence-electron chi connectivity index (χ1n) is 10.5. The van der Waals surface area contributed by atoms with Crippen LogP contribution in [0.15, 0.2) is 85.2 Å². The number of anilines is 1. The molecule has 6 heteroatoms. The Balaban J connectivity index is 1.43. The van der Waals surface area contributed by atoms with E-state index < -0.39 is 0 Å². The third kappa shape index (κ3) is 3.78. The number of carbonyl (C=O) groups is 1. The lowest BCUT2D eigenvalue weighted by molar-refractivity contribution is 0.252. The highest BCUT2D eigenvalue weighted by atomic mass is 16.5.